The molecule has 0 saturated heterocycles. The lowest BCUT2D eigenvalue weighted by Gasteiger charge is -2.21. The second-order valence-electron chi connectivity index (χ2n) is 6.54. The molecule has 0 spiro atoms. The van der Waals surface area contributed by atoms with Crippen molar-refractivity contribution in [3.05, 3.63) is 35.0 Å². The number of amides is 1. The molecule has 1 atom stereocenters. The van der Waals surface area contributed by atoms with Crippen LogP contribution < -0.4 is 5.32 Å². The molecule has 0 aliphatic heterocycles. The lowest BCUT2D eigenvalue weighted by molar-refractivity contribution is -0.142. The average molecular weight is 356 g/mol. The molecule has 0 unspecified atom stereocenters. The van der Waals surface area contributed by atoms with E-state index < -0.39 is 24.7 Å². The molecule has 1 amide bonds. The van der Waals surface area contributed by atoms with E-state index in [1.54, 1.807) is 6.07 Å². The van der Waals surface area contributed by atoms with E-state index in [-0.39, 0.29) is 11.7 Å². The molecule has 1 aliphatic rings. The van der Waals surface area contributed by atoms with E-state index >= 15 is 0 Å². The molecule has 2 heterocycles. The molecule has 136 valence electrons. The van der Waals surface area contributed by atoms with Gasteiger partial charge in [-0.25, -0.2) is 0 Å². The Hall–Kier alpha value is -2.32. The molecule has 0 saturated carbocycles. The van der Waals surface area contributed by atoms with Gasteiger partial charge in [-0.15, -0.1) is 0 Å². The fourth-order valence-corrected chi connectivity index (χ4v) is 2.90. The first kappa shape index (κ1) is 17.5. The first-order chi connectivity index (χ1) is 11.7. The van der Waals surface area contributed by atoms with Gasteiger partial charge in [-0.3, -0.25) is 9.48 Å². The fraction of sp³-hybridized carbons (Fsp3) is 0.562. The molecule has 2 aromatic rings. The molecule has 0 fully saturated rings. The van der Waals surface area contributed by atoms with Gasteiger partial charge < -0.3 is 9.84 Å². The summed E-state index contributed by atoms with van der Waals surface area (Å²) in [7, 11) is 0. The van der Waals surface area contributed by atoms with Crippen molar-refractivity contribution in [2.24, 2.45) is 0 Å². The summed E-state index contributed by atoms with van der Waals surface area (Å²) < 4.78 is 43.6. The van der Waals surface area contributed by atoms with Crippen LogP contribution in [0.5, 0.6) is 0 Å². The number of aryl methyl sites for hydroxylation is 1. The van der Waals surface area contributed by atoms with Crippen LogP contribution in [0.15, 0.2) is 16.8 Å². The third-order valence-corrected chi connectivity index (χ3v) is 4.13. The summed E-state index contributed by atoms with van der Waals surface area (Å²) in [5.41, 5.74) is 1.90. The van der Waals surface area contributed by atoms with Crippen LogP contribution in [0.3, 0.4) is 0 Å². The minimum atomic E-state index is -4.33. The largest absolute Gasteiger partial charge is 0.408 e. The number of alkyl halides is 3. The number of fused-ring (bicyclic) bond motifs is 1. The lowest BCUT2D eigenvalue weighted by atomic mass is 9.93. The van der Waals surface area contributed by atoms with Gasteiger partial charge >= 0.3 is 6.18 Å². The van der Waals surface area contributed by atoms with Gasteiger partial charge in [0.25, 0.3) is 5.91 Å². The summed E-state index contributed by atoms with van der Waals surface area (Å²) in [6.45, 7) is 2.72. The van der Waals surface area contributed by atoms with Crippen molar-refractivity contribution < 1.29 is 22.5 Å². The van der Waals surface area contributed by atoms with Gasteiger partial charge in [0.2, 0.25) is 5.76 Å². The predicted molar refractivity (Wildman–Crippen MR) is 82.0 cm³/mol. The van der Waals surface area contributed by atoms with Gasteiger partial charge in [-0.05, 0) is 30.7 Å². The Bertz CT molecular complexity index is 764. The molecule has 25 heavy (non-hydrogen) atoms. The van der Waals surface area contributed by atoms with E-state index in [1.807, 2.05) is 13.8 Å². The lowest BCUT2D eigenvalue weighted by Crippen LogP contribution is -2.31. The summed E-state index contributed by atoms with van der Waals surface area (Å²) in [6.07, 6.45) is -0.886. The number of halogens is 3. The van der Waals surface area contributed by atoms with Gasteiger partial charge in [0.05, 0.1) is 17.4 Å². The smallest absolute Gasteiger partial charge is 0.351 e. The second-order valence-corrected chi connectivity index (χ2v) is 6.54. The zero-order valence-corrected chi connectivity index (χ0v) is 13.9. The number of nitrogens with one attached hydrogen (secondary N) is 1. The highest BCUT2D eigenvalue weighted by molar-refractivity contribution is 5.91. The van der Waals surface area contributed by atoms with Gasteiger partial charge in [-0.2, -0.15) is 18.3 Å². The standard InChI is InChI=1S/C16H19F3N4O2/c1-9(2)12-6-13(25-22-12)15(24)20-11-5-3-4-10-7-23(21-14(10)11)8-16(17,18)19/h6-7,9,11H,3-5,8H2,1-2H3,(H,20,24)/t11-/m0/s1. The van der Waals surface area contributed by atoms with Crippen molar-refractivity contribution in [1.82, 2.24) is 20.3 Å². The normalized spacial score (nSPS) is 17.6. The van der Waals surface area contributed by atoms with Gasteiger partial charge in [0, 0.05) is 12.3 Å². The molecule has 0 aromatic carbocycles. The number of carbonyl (C=O) groups excluding carboxylic acids is 1. The van der Waals surface area contributed by atoms with Crippen LogP contribution >= 0.6 is 0 Å². The highest BCUT2D eigenvalue weighted by Crippen LogP contribution is 2.30. The van der Waals surface area contributed by atoms with Gasteiger partial charge in [0.15, 0.2) is 0 Å². The Labute approximate surface area is 142 Å². The highest BCUT2D eigenvalue weighted by atomic mass is 19.4. The van der Waals surface area contributed by atoms with E-state index in [4.69, 9.17) is 4.52 Å². The molecule has 6 nitrogen and oxygen atoms in total. The van der Waals surface area contributed by atoms with Crippen molar-refractivity contribution in [3.63, 3.8) is 0 Å². The van der Waals surface area contributed by atoms with E-state index in [1.165, 1.54) is 6.20 Å². The van der Waals surface area contributed by atoms with Crippen molar-refractivity contribution in [3.8, 4) is 0 Å². The third-order valence-electron chi connectivity index (χ3n) is 4.13. The molecule has 1 aliphatic carbocycles. The van der Waals surface area contributed by atoms with E-state index in [0.717, 1.165) is 16.7 Å². The first-order valence-electron chi connectivity index (χ1n) is 8.13. The summed E-state index contributed by atoms with van der Waals surface area (Å²) >= 11 is 0. The molecule has 0 bridgehead atoms. The number of aromatic nitrogens is 3. The molecule has 0 radical (unpaired) electrons. The van der Waals surface area contributed by atoms with Crippen molar-refractivity contribution in [1.29, 1.82) is 0 Å². The third kappa shape index (κ3) is 4.02. The topological polar surface area (TPSA) is 73.0 Å². The maximum absolute atomic E-state index is 12.6. The minimum absolute atomic E-state index is 0.0885. The van der Waals surface area contributed by atoms with Crippen LogP contribution in [0.4, 0.5) is 13.2 Å². The van der Waals surface area contributed by atoms with Gasteiger partial charge in [0.1, 0.15) is 6.54 Å². The second kappa shape index (κ2) is 6.53. The zero-order chi connectivity index (χ0) is 18.2. The fourth-order valence-electron chi connectivity index (χ4n) is 2.90. The van der Waals surface area contributed by atoms with Crippen LogP contribution in [-0.2, 0) is 13.0 Å². The Morgan fingerprint density at radius 1 is 1.48 bits per heavy atom. The Morgan fingerprint density at radius 2 is 2.24 bits per heavy atom. The van der Waals surface area contributed by atoms with Crippen LogP contribution in [0.1, 0.15) is 66.2 Å². The van der Waals surface area contributed by atoms with E-state index in [2.05, 4.69) is 15.6 Å². The summed E-state index contributed by atoms with van der Waals surface area (Å²) in [4.78, 5) is 12.3. The minimum Gasteiger partial charge on any atom is -0.351 e. The predicted octanol–water partition coefficient (Wildman–Crippen LogP) is 3.36. The van der Waals surface area contributed by atoms with Crippen molar-refractivity contribution >= 4 is 5.91 Å². The number of rotatable bonds is 4. The monoisotopic (exact) mass is 356 g/mol. The number of carbonyl (C=O) groups is 1. The Kier molecular flexibility index (Phi) is 4.57. The maximum atomic E-state index is 12.6. The summed E-state index contributed by atoms with van der Waals surface area (Å²) in [5.74, 6) is -0.224. The average Bonchev–Trinajstić information content (AvgIpc) is 3.11. The number of hydrogen-bond donors (Lipinski definition) is 1. The van der Waals surface area contributed by atoms with E-state index in [9.17, 15) is 18.0 Å². The van der Waals surface area contributed by atoms with Crippen LogP contribution in [0, 0.1) is 0 Å². The number of nitrogens with zero attached hydrogens (tertiary/aromatic N) is 3. The van der Waals surface area contributed by atoms with Crippen molar-refractivity contribution in [2.45, 2.75) is 57.8 Å². The highest BCUT2D eigenvalue weighted by Gasteiger charge is 2.31. The Morgan fingerprint density at radius 3 is 2.88 bits per heavy atom. The van der Waals surface area contributed by atoms with Gasteiger partial charge in [-0.1, -0.05) is 19.0 Å². The molecular weight excluding hydrogens is 337 g/mol. The van der Waals surface area contributed by atoms with Crippen LogP contribution in [0.25, 0.3) is 0 Å². The molecular formula is C16H19F3N4O2. The summed E-state index contributed by atoms with van der Waals surface area (Å²) in [5, 5.41) is 10.7. The van der Waals surface area contributed by atoms with Crippen molar-refractivity contribution in [2.75, 3.05) is 0 Å². The zero-order valence-electron chi connectivity index (χ0n) is 13.9. The molecule has 9 heteroatoms. The number of hydrogen-bond acceptors (Lipinski definition) is 4. The van der Waals surface area contributed by atoms with E-state index in [0.29, 0.717) is 24.2 Å². The van der Waals surface area contributed by atoms with Crippen LogP contribution in [0.2, 0.25) is 0 Å². The maximum Gasteiger partial charge on any atom is 0.408 e. The molecule has 3 rings (SSSR count). The first-order valence-corrected chi connectivity index (χ1v) is 8.13. The summed E-state index contributed by atoms with van der Waals surface area (Å²) in [6, 6.07) is 1.14. The Balaban J connectivity index is 1.75. The molecule has 1 N–H and O–H groups in total. The van der Waals surface area contributed by atoms with Crippen LogP contribution in [-0.4, -0.2) is 27.0 Å². The SMILES string of the molecule is CC(C)c1cc(C(=O)N[C@H]2CCCc3cn(CC(F)(F)F)nc32)on1. The molecule has 2 aromatic heterocycles. The quantitative estimate of drug-likeness (QED) is 0.912.